The molecule has 1 aromatic carbocycles. The summed E-state index contributed by atoms with van der Waals surface area (Å²) in [5.41, 5.74) is 1.30. The number of ether oxygens (including phenoxy) is 2. The summed E-state index contributed by atoms with van der Waals surface area (Å²) in [5, 5.41) is 0. The Hall–Kier alpha value is -2.17. The van der Waals surface area contributed by atoms with Crippen LogP contribution in [0, 0.1) is 5.92 Å². The number of hydrogen-bond acceptors (Lipinski definition) is 5. The van der Waals surface area contributed by atoms with Gasteiger partial charge in [-0.2, -0.15) is 0 Å². The summed E-state index contributed by atoms with van der Waals surface area (Å²) < 4.78 is 10.9. The third-order valence-electron chi connectivity index (χ3n) is 5.26. The molecule has 0 fully saturated rings. The van der Waals surface area contributed by atoms with Crippen molar-refractivity contribution in [1.29, 1.82) is 0 Å². The monoisotopic (exact) mass is 432 g/mol. The molecular weight excluding hydrogens is 392 g/mol. The van der Waals surface area contributed by atoms with Gasteiger partial charge in [-0.05, 0) is 42.9 Å². The smallest absolute Gasteiger partial charge is 0.324 e. The SMILES string of the molecule is CCCCCCCCOC(=O)C(C(C)=O)C(=O)CCCOc1ccc(C(C)(C)C)cc1. The summed E-state index contributed by atoms with van der Waals surface area (Å²) in [4.78, 5) is 36.5. The summed E-state index contributed by atoms with van der Waals surface area (Å²) >= 11 is 0. The van der Waals surface area contributed by atoms with Crippen LogP contribution in [0.5, 0.6) is 5.75 Å². The van der Waals surface area contributed by atoms with E-state index in [9.17, 15) is 14.4 Å². The molecule has 5 heteroatoms. The molecule has 0 aliphatic heterocycles. The second kappa shape index (κ2) is 14.0. The summed E-state index contributed by atoms with van der Waals surface area (Å²) in [7, 11) is 0. The zero-order valence-electron chi connectivity index (χ0n) is 20.0. The fourth-order valence-electron chi connectivity index (χ4n) is 3.29. The van der Waals surface area contributed by atoms with Crippen molar-refractivity contribution in [3.63, 3.8) is 0 Å². The number of carbonyl (C=O) groups excluding carboxylic acids is 3. The van der Waals surface area contributed by atoms with Crippen molar-refractivity contribution in [2.75, 3.05) is 13.2 Å². The van der Waals surface area contributed by atoms with Crippen LogP contribution in [0.1, 0.15) is 91.5 Å². The maximum Gasteiger partial charge on any atom is 0.324 e. The van der Waals surface area contributed by atoms with E-state index in [1.54, 1.807) is 0 Å². The molecule has 0 aromatic heterocycles. The first kappa shape index (κ1) is 26.9. The molecule has 5 nitrogen and oxygen atoms in total. The van der Waals surface area contributed by atoms with Gasteiger partial charge < -0.3 is 9.47 Å². The van der Waals surface area contributed by atoms with Gasteiger partial charge in [0.2, 0.25) is 0 Å². The number of carbonyl (C=O) groups is 3. The van der Waals surface area contributed by atoms with E-state index in [1.807, 2.05) is 24.3 Å². The van der Waals surface area contributed by atoms with E-state index in [2.05, 4.69) is 27.7 Å². The van der Waals surface area contributed by atoms with Crippen molar-refractivity contribution < 1.29 is 23.9 Å². The minimum Gasteiger partial charge on any atom is -0.494 e. The van der Waals surface area contributed by atoms with Gasteiger partial charge in [0.1, 0.15) is 5.75 Å². The molecule has 0 saturated heterocycles. The molecule has 0 bridgehead atoms. The van der Waals surface area contributed by atoms with Crippen LogP contribution >= 0.6 is 0 Å². The van der Waals surface area contributed by atoms with Crippen LogP contribution in [0.15, 0.2) is 24.3 Å². The Balaban J connectivity index is 2.36. The molecule has 1 aromatic rings. The molecule has 1 atom stereocenters. The largest absolute Gasteiger partial charge is 0.494 e. The molecule has 0 spiro atoms. The topological polar surface area (TPSA) is 69.7 Å². The zero-order chi connectivity index (χ0) is 23.3. The van der Waals surface area contributed by atoms with Crippen LogP contribution in [0.4, 0.5) is 0 Å². The van der Waals surface area contributed by atoms with Crippen molar-refractivity contribution in [3.8, 4) is 5.75 Å². The first-order valence-corrected chi connectivity index (χ1v) is 11.6. The molecule has 0 saturated carbocycles. The first-order valence-electron chi connectivity index (χ1n) is 11.6. The van der Waals surface area contributed by atoms with Crippen LogP contribution in [0.2, 0.25) is 0 Å². The third-order valence-corrected chi connectivity index (χ3v) is 5.26. The average molecular weight is 433 g/mol. The molecule has 0 aliphatic carbocycles. The summed E-state index contributed by atoms with van der Waals surface area (Å²) in [5.74, 6) is -2.15. The van der Waals surface area contributed by atoms with Crippen molar-refractivity contribution in [1.82, 2.24) is 0 Å². The third kappa shape index (κ3) is 10.6. The highest BCUT2D eigenvalue weighted by Crippen LogP contribution is 2.24. The van der Waals surface area contributed by atoms with Crippen LogP contribution in [0.25, 0.3) is 0 Å². The fourth-order valence-corrected chi connectivity index (χ4v) is 3.29. The van der Waals surface area contributed by atoms with Gasteiger partial charge in [0.05, 0.1) is 13.2 Å². The van der Waals surface area contributed by atoms with E-state index < -0.39 is 23.5 Å². The van der Waals surface area contributed by atoms with E-state index in [4.69, 9.17) is 9.47 Å². The predicted octanol–water partition coefficient (Wildman–Crippen LogP) is 5.82. The van der Waals surface area contributed by atoms with Crippen LogP contribution < -0.4 is 4.74 Å². The molecule has 0 N–H and O–H groups in total. The number of ketones is 2. The van der Waals surface area contributed by atoms with Gasteiger partial charge in [0.15, 0.2) is 17.5 Å². The van der Waals surface area contributed by atoms with Crippen LogP contribution in [-0.4, -0.2) is 30.7 Å². The highest BCUT2D eigenvalue weighted by Gasteiger charge is 2.31. The Kier molecular flexibility index (Phi) is 12.1. The standard InChI is InChI=1S/C26H40O5/c1-6-7-8-9-10-11-18-31-25(29)24(20(2)27)23(28)13-12-19-30-22-16-14-21(15-17-22)26(3,4)5/h14-17,24H,6-13,18-19H2,1-5H3. The Bertz CT molecular complexity index is 685. The minimum atomic E-state index is -1.31. The molecule has 1 unspecified atom stereocenters. The van der Waals surface area contributed by atoms with Crippen LogP contribution in [-0.2, 0) is 24.5 Å². The number of esters is 1. The highest BCUT2D eigenvalue weighted by molar-refractivity contribution is 6.16. The Morgan fingerprint density at radius 1 is 0.871 bits per heavy atom. The molecule has 31 heavy (non-hydrogen) atoms. The summed E-state index contributed by atoms with van der Waals surface area (Å²) in [6.07, 6.45) is 6.99. The van der Waals surface area contributed by atoms with Gasteiger partial charge in [-0.1, -0.05) is 71.9 Å². The molecular formula is C26H40O5. The van der Waals surface area contributed by atoms with E-state index >= 15 is 0 Å². The van der Waals surface area contributed by atoms with Crippen molar-refractivity contribution in [2.24, 2.45) is 5.92 Å². The Morgan fingerprint density at radius 2 is 1.48 bits per heavy atom. The molecule has 1 rings (SSSR count). The van der Waals surface area contributed by atoms with Gasteiger partial charge in [-0.3, -0.25) is 14.4 Å². The van der Waals surface area contributed by atoms with Gasteiger partial charge in [-0.15, -0.1) is 0 Å². The van der Waals surface area contributed by atoms with E-state index in [0.717, 1.165) is 25.0 Å². The maximum atomic E-state index is 12.4. The van der Waals surface area contributed by atoms with E-state index in [0.29, 0.717) is 13.0 Å². The lowest BCUT2D eigenvalue weighted by Crippen LogP contribution is -2.32. The van der Waals surface area contributed by atoms with Gasteiger partial charge in [0.25, 0.3) is 0 Å². The number of rotatable bonds is 15. The quantitative estimate of drug-likeness (QED) is 0.198. The molecule has 0 radical (unpaired) electrons. The number of benzene rings is 1. The Morgan fingerprint density at radius 3 is 2.06 bits per heavy atom. The highest BCUT2D eigenvalue weighted by atomic mass is 16.5. The normalized spacial score (nSPS) is 12.3. The number of hydrogen-bond donors (Lipinski definition) is 0. The number of unbranched alkanes of at least 4 members (excludes halogenated alkanes) is 5. The minimum absolute atomic E-state index is 0.0797. The molecule has 0 amide bonds. The van der Waals surface area contributed by atoms with Gasteiger partial charge >= 0.3 is 5.97 Å². The fraction of sp³-hybridized carbons (Fsp3) is 0.654. The Labute approximate surface area is 187 Å². The second-order valence-corrected chi connectivity index (χ2v) is 9.17. The van der Waals surface area contributed by atoms with Crippen LogP contribution in [0.3, 0.4) is 0 Å². The second-order valence-electron chi connectivity index (χ2n) is 9.17. The van der Waals surface area contributed by atoms with Crippen molar-refractivity contribution in [2.45, 2.75) is 91.4 Å². The molecule has 0 heterocycles. The van der Waals surface area contributed by atoms with Gasteiger partial charge in [0, 0.05) is 6.42 Å². The lowest BCUT2D eigenvalue weighted by molar-refractivity contribution is -0.155. The van der Waals surface area contributed by atoms with Crippen molar-refractivity contribution >= 4 is 17.5 Å². The molecule has 174 valence electrons. The summed E-state index contributed by atoms with van der Waals surface area (Å²) in [6, 6.07) is 7.90. The van der Waals surface area contributed by atoms with Gasteiger partial charge in [-0.25, -0.2) is 0 Å². The van der Waals surface area contributed by atoms with E-state index in [1.165, 1.54) is 31.7 Å². The first-order chi connectivity index (χ1) is 14.7. The number of Topliss-reactive ketones (excluding diaryl/α,β-unsaturated/α-hetero) is 2. The average Bonchev–Trinajstić information content (AvgIpc) is 2.70. The lowest BCUT2D eigenvalue weighted by atomic mass is 9.87. The molecule has 0 aliphatic rings. The van der Waals surface area contributed by atoms with Crippen molar-refractivity contribution in [3.05, 3.63) is 29.8 Å². The summed E-state index contributed by atoms with van der Waals surface area (Å²) in [6.45, 7) is 10.5. The lowest BCUT2D eigenvalue weighted by Gasteiger charge is -2.19. The zero-order valence-corrected chi connectivity index (χ0v) is 20.0. The maximum absolute atomic E-state index is 12.4. The predicted molar refractivity (Wildman–Crippen MR) is 123 cm³/mol. The van der Waals surface area contributed by atoms with E-state index in [-0.39, 0.29) is 18.4 Å².